The van der Waals surface area contributed by atoms with Gasteiger partial charge >= 0.3 is 0 Å². The van der Waals surface area contributed by atoms with Crippen molar-refractivity contribution in [3.05, 3.63) is 75.6 Å². The average Bonchev–Trinajstić information content (AvgIpc) is 3.11. The Morgan fingerprint density at radius 3 is 2.56 bits per heavy atom. The van der Waals surface area contributed by atoms with Crippen LogP contribution < -0.4 is 15.1 Å². The van der Waals surface area contributed by atoms with Crippen molar-refractivity contribution in [2.75, 3.05) is 46.0 Å². The number of hydrogen-bond donors (Lipinski definition) is 1. The van der Waals surface area contributed by atoms with Crippen LogP contribution in [0.15, 0.2) is 57.7 Å². The lowest BCUT2D eigenvalue weighted by molar-refractivity contribution is -0.907. The molecule has 32 heavy (non-hydrogen) atoms. The summed E-state index contributed by atoms with van der Waals surface area (Å²) >= 11 is 0. The van der Waals surface area contributed by atoms with Crippen molar-refractivity contribution >= 4 is 16.9 Å². The van der Waals surface area contributed by atoms with Gasteiger partial charge in [0.2, 0.25) is 5.76 Å². The number of benzene rings is 2. The number of rotatable bonds is 6. The van der Waals surface area contributed by atoms with Gasteiger partial charge in [0.25, 0.3) is 5.91 Å². The number of hydrogen-bond acceptors (Lipinski definition) is 5. The van der Waals surface area contributed by atoms with Crippen LogP contribution >= 0.6 is 0 Å². The SMILES string of the molecule is CCOc1ccc([C@H]2c3c(oc4ccccc4c3=O)C(=O)N2CC[NH+]2CCOCC2)cc1. The Balaban J connectivity index is 1.56. The summed E-state index contributed by atoms with van der Waals surface area (Å²) in [6.45, 7) is 7.15. The van der Waals surface area contributed by atoms with Gasteiger partial charge in [0.15, 0.2) is 5.43 Å². The maximum Gasteiger partial charge on any atom is 0.291 e. The molecule has 2 aliphatic heterocycles. The summed E-state index contributed by atoms with van der Waals surface area (Å²) in [6, 6.07) is 14.3. The molecule has 1 N–H and O–H groups in total. The first-order chi connectivity index (χ1) is 15.7. The first kappa shape index (κ1) is 20.7. The molecule has 1 aromatic heterocycles. The first-order valence-electron chi connectivity index (χ1n) is 11.2. The molecule has 3 aromatic rings. The summed E-state index contributed by atoms with van der Waals surface area (Å²) in [5, 5.41) is 0.496. The van der Waals surface area contributed by atoms with Crippen LogP contribution in [0.5, 0.6) is 5.75 Å². The highest BCUT2D eigenvalue weighted by atomic mass is 16.5. The molecule has 2 aromatic carbocycles. The van der Waals surface area contributed by atoms with E-state index in [4.69, 9.17) is 13.9 Å². The van der Waals surface area contributed by atoms with E-state index in [0.717, 1.165) is 44.2 Å². The Kier molecular flexibility index (Phi) is 5.68. The molecule has 1 amide bonds. The quantitative estimate of drug-likeness (QED) is 0.638. The molecule has 1 fully saturated rings. The van der Waals surface area contributed by atoms with E-state index in [0.29, 0.717) is 29.7 Å². The smallest absolute Gasteiger partial charge is 0.291 e. The molecule has 0 spiro atoms. The third-order valence-corrected chi connectivity index (χ3v) is 6.29. The maximum absolute atomic E-state index is 13.5. The van der Waals surface area contributed by atoms with Gasteiger partial charge in [0.1, 0.15) is 24.4 Å². The zero-order valence-electron chi connectivity index (χ0n) is 18.1. The summed E-state index contributed by atoms with van der Waals surface area (Å²) < 4.78 is 17.0. The summed E-state index contributed by atoms with van der Waals surface area (Å²) in [5.74, 6) is 0.689. The van der Waals surface area contributed by atoms with Crippen LogP contribution in [0.25, 0.3) is 11.0 Å². The van der Waals surface area contributed by atoms with Crippen LogP contribution in [0.3, 0.4) is 0 Å². The van der Waals surface area contributed by atoms with Gasteiger partial charge in [0.05, 0.1) is 49.9 Å². The number of ether oxygens (including phenoxy) is 2. The predicted molar refractivity (Wildman–Crippen MR) is 119 cm³/mol. The lowest BCUT2D eigenvalue weighted by Gasteiger charge is -2.29. The third-order valence-electron chi connectivity index (χ3n) is 6.29. The molecule has 0 saturated carbocycles. The maximum atomic E-state index is 13.5. The normalized spacial score (nSPS) is 18.8. The van der Waals surface area contributed by atoms with Crippen LogP contribution in [0, 0.1) is 0 Å². The van der Waals surface area contributed by atoms with Crippen LogP contribution in [-0.2, 0) is 4.74 Å². The molecule has 0 unspecified atom stereocenters. The second kappa shape index (κ2) is 8.76. The summed E-state index contributed by atoms with van der Waals surface area (Å²) in [4.78, 5) is 30.1. The highest BCUT2D eigenvalue weighted by Gasteiger charge is 2.43. The van der Waals surface area contributed by atoms with Gasteiger partial charge in [-0.15, -0.1) is 0 Å². The van der Waals surface area contributed by atoms with Crippen molar-refractivity contribution in [2.24, 2.45) is 0 Å². The van der Waals surface area contributed by atoms with E-state index in [2.05, 4.69) is 0 Å². The first-order valence-corrected chi connectivity index (χ1v) is 11.2. The molecule has 1 atom stereocenters. The fraction of sp³-hybridized carbons (Fsp3) is 0.360. The highest BCUT2D eigenvalue weighted by Crippen LogP contribution is 2.38. The lowest BCUT2D eigenvalue weighted by Crippen LogP contribution is -3.14. The van der Waals surface area contributed by atoms with Crippen molar-refractivity contribution < 1.29 is 23.6 Å². The lowest BCUT2D eigenvalue weighted by atomic mass is 9.98. The molecule has 166 valence electrons. The molecule has 7 heteroatoms. The predicted octanol–water partition coefficient (Wildman–Crippen LogP) is 1.65. The second-order valence-corrected chi connectivity index (χ2v) is 8.19. The zero-order chi connectivity index (χ0) is 22.1. The van der Waals surface area contributed by atoms with Crippen molar-refractivity contribution in [3.63, 3.8) is 0 Å². The summed E-state index contributed by atoms with van der Waals surface area (Å²) in [6.07, 6.45) is 0. The van der Waals surface area contributed by atoms with Gasteiger partial charge < -0.3 is 23.7 Å². The fourth-order valence-corrected chi connectivity index (χ4v) is 4.65. The summed E-state index contributed by atoms with van der Waals surface area (Å²) in [5.41, 5.74) is 1.60. The Hall–Kier alpha value is -3.16. The van der Waals surface area contributed by atoms with Crippen LogP contribution in [0.2, 0.25) is 0 Å². The van der Waals surface area contributed by atoms with E-state index in [-0.39, 0.29) is 17.1 Å². The van der Waals surface area contributed by atoms with E-state index < -0.39 is 6.04 Å². The topological polar surface area (TPSA) is 73.4 Å². The largest absolute Gasteiger partial charge is 0.494 e. The van der Waals surface area contributed by atoms with Gasteiger partial charge in [-0.1, -0.05) is 24.3 Å². The van der Waals surface area contributed by atoms with Gasteiger partial charge in [-0.3, -0.25) is 9.59 Å². The number of carbonyl (C=O) groups is 1. The second-order valence-electron chi connectivity index (χ2n) is 8.19. The molecule has 1 saturated heterocycles. The van der Waals surface area contributed by atoms with Crippen LogP contribution in [0.4, 0.5) is 0 Å². The van der Waals surface area contributed by atoms with E-state index in [9.17, 15) is 9.59 Å². The van der Waals surface area contributed by atoms with Crippen molar-refractivity contribution in [2.45, 2.75) is 13.0 Å². The number of amides is 1. The van der Waals surface area contributed by atoms with Gasteiger partial charge in [-0.25, -0.2) is 0 Å². The number of morpholine rings is 1. The molecule has 0 aliphatic carbocycles. The Morgan fingerprint density at radius 2 is 1.81 bits per heavy atom. The highest BCUT2D eigenvalue weighted by molar-refractivity contribution is 5.99. The third kappa shape index (κ3) is 3.67. The number of para-hydroxylation sites is 1. The van der Waals surface area contributed by atoms with Gasteiger partial charge in [-0.05, 0) is 36.8 Å². The molecule has 0 radical (unpaired) electrons. The number of carbonyl (C=O) groups excluding carboxylic acids is 1. The molecule has 7 nitrogen and oxygen atoms in total. The number of quaternary nitrogens is 1. The van der Waals surface area contributed by atoms with E-state index in [1.54, 1.807) is 23.1 Å². The standard InChI is InChI=1S/C25H26N2O5/c1-2-31-18-9-7-17(8-10-18)22-21-23(28)19-5-3-4-6-20(19)32-24(21)25(29)27(22)12-11-26-13-15-30-16-14-26/h3-10,22H,2,11-16H2,1H3/p+1/t22-/m0/s1. The van der Waals surface area contributed by atoms with Gasteiger partial charge in [0, 0.05) is 0 Å². The minimum Gasteiger partial charge on any atom is -0.494 e. The van der Waals surface area contributed by atoms with Crippen LogP contribution in [0.1, 0.15) is 34.6 Å². The van der Waals surface area contributed by atoms with Crippen molar-refractivity contribution in [1.82, 2.24) is 4.90 Å². The molecule has 2 aliphatic rings. The fourth-order valence-electron chi connectivity index (χ4n) is 4.65. The Labute approximate surface area is 186 Å². The Morgan fingerprint density at radius 1 is 1.06 bits per heavy atom. The average molecular weight is 436 g/mol. The molecular weight excluding hydrogens is 408 g/mol. The van der Waals surface area contributed by atoms with E-state index in [1.165, 1.54) is 4.90 Å². The minimum atomic E-state index is -0.477. The minimum absolute atomic E-state index is 0.143. The van der Waals surface area contributed by atoms with Crippen LogP contribution in [-0.4, -0.2) is 56.8 Å². The number of nitrogens with zero attached hydrogens (tertiary/aromatic N) is 1. The molecular formula is C25H27N2O5+. The van der Waals surface area contributed by atoms with Crippen molar-refractivity contribution in [3.8, 4) is 5.75 Å². The molecule has 5 rings (SSSR count). The molecule has 0 bridgehead atoms. The zero-order valence-corrected chi connectivity index (χ0v) is 18.1. The van der Waals surface area contributed by atoms with E-state index >= 15 is 0 Å². The van der Waals surface area contributed by atoms with Crippen molar-refractivity contribution in [1.29, 1.82) is 0 Å². The number of fused-ring (bicyclic) bond motifs is 2. The summed E-state index contributed by atoms with van der Waals surface area (Å²) in [7, 11) is 0. The molecule has 3 heterocycles. The Bertz CT molecular complexity index is 1180. The van der Waals surface area contributed by atoms with Gasteiger partial charge in [-0.2, -0.15) is 0 Å². The monoisotopic (exact) mass is 435 g/mol. The number of nitrogens with one attached hydrogen (secondary N) is 1. The van der Waals surface area contributed by atoms with E-state index in [1.807, 2.05) is 37.3 Å².